The first kappa shape index (κ1) is 34.4. The molecule has 0 saturated heterocycles. The third-order valence-electron chi connectivity index (χ3n) is 8.12. The van der Waals surface area contributed by atoms with Gasteiger partial charge in [-0.25, -0.2) is 12.8 Å². The molecule has 1 heterocycles. The molecule has 2 amide bonds. The Hall–Kier alpha value is -3.48. The van der Waals surface area contributed by atoms with Gasteiger partial charge in [-0.2, -0.15) is 0 Å². The van der Waals surface area contributed by atoms with E-state index in [2.05, 4.69) is 15.2 Å². The van der Waals surface area contributed by atoms with Gasteiger partial charge in [-0.3, -0.25) is 20.0 Å². The monoisotopic (exact) mass is 644 g/mol. The largest absolute Gasteiger partial charge is 0.394 e. The number of hydrazine groups is 1. The third-order valence-corrected chi connectivity index (χ3v) is 10.8. The number of hydrogen-bond acceptors (Lipinski definition) is 8. The summed E-state index contributed by atoms with van der Waals surface area (Å²) >= 11 is 0. The molecule has 2 aromatic rings. The van der Waals surface area contributed by atoms with Crippen LogP contribution in [0, 0.1) is 11.7 Å². The van der Waals surface area contributed by atoms with Crippen LogP contribution in [-0.4, -0.2) is 87.7 Å². The summed E-state index contributed by atoms with van der Waals surface area (Å²) < 4.78 is 38.6. The van der Waals surface area contributed by atoms with E-state index in [1.807, 2.05) is 24.4 Å². The molecule has 1 aliphatic carbocycles. The quantitative estimate of drug-likeness (QED) is 0.268. The van der Waals surface area contributed by atoms with Crippen LogP contribution in [-0.2, 0) is 32.4 Å². The number of carbonyl (C=O) groups is 2. The van der Waals surface area contributed by atoms with Gasteiger partial charge >= 0.3 is 0 Å². The molecule has 1 fully saturated rings. The second-order valence-corrected chi connectivity index (χ2v) is 15.7. The van der Waals surface area contributed by atoms with E-state index >= 15 is 0 Å². The molecule has 2 aliphatic rings. The third kappa shape index (κ3) is 9.75. The predicted molar refractivity (Wildman–Crippen MR) is 169 cm³/mol. The molecular weight excluding hydrogens is 599 g/mol. The average Bonchev–Trinajstić information content (AvgIpc) is 3.76. The summed E-state index contributed by atoms with van der Waals surface area (Å²) in [6.07, 6.45) is 3.35. The van der Waals surface area contributed by atoms with Gasteiger partial charge in [0.25, 0.3) is 0 Å². The summed E-state index contributed by atoms with van der Waals surface area (Å²) in [4.78, 5) is 31.5. The maximum absolute atomic E-state index is 13.6. The predicted octanol–water partition coefficient (Wildman–Crippen LogP) is 2.97. The highest BCUT2D eigenvalue weighted by molar-refractivity contribution is 7.92. The van der Waals surface area contributed by atoms with Crippen LogP contribution in [0.4, 0.5) is 4.39 Å². The van der Waals surface area contributed by atoms with Gasteiger partial charge in [0.2, 0.25) is 11.8 Å². The lowest BCUT2D eigenvalue weighted by atomic mass is 10.0. The average molecular weight is 645 g/mol. The number of aliphatic hydroxyl groups excluding tert-OH is 2. The van der Waals surface area contributed by atoms with Crippen molar-refractivity contribution >= 4 is 21.7 Å². The van der Waals surface area contributed by atoms with E-state index in [1.165, 1.54) is 12.1 Å². The number of rotatable bonds is 14. The summed E-state index contributed by atoms with van der Waals surface area (Å²) in [6, 6.07) is 15.8. The van der Waals surface area contributed by atoms with Gasteiger partial charge in [0.15, 0.2) is 9.84 Å². The normalized spacial score (nSPS) is 16.7. The summed E-state index contributed by atoms with van der Waals surface area (Å²) in [5, 5.41) is 20.7. The summed E-state index contributed by atoms with van der Waals surface area (Å²) in [5.74, 6) is -2.84. The van der Waals surface area contributed by atoms with Crippen LogP contribution in [0.1, 0.15) is 57.6 Å². The lowest BCUT2D eigenvalue weighted by molar-refractivity contribution is -0.145. The Morgan fingerprint density at radius 1 is 1.07 bits per heavy atom. The van der Waals surface area contributed by atoms with Crippen LogP contribution >= 0.6 is 0 Å². The molecule has 0 spiro atoms. The fourth-order valence-corrected chi connectivity index (χ4v) is 6.49. The van der Waals surface area contributed by atoms with E-state index in [1.54, 1.807) is 45.0 Å². The Morgan fingerprint density at radius 2 is 1.73 bits per heavy atom. The Labute approximate surface area is 265 Å². The van der Waals surface area contributed by atoms with Crippen LogP contribution in [0.25, 0.3) is 0 Å². The Morgan fingerprint density at radius 3 is 2.33 bits per heavy atom. The Kier molecular flexibility index (Phi) is 11.3. The molecule has 2 aromatic carbocycles. The number of hydrogen-bond donors (Lipinski definition) is 3. The van der Waals surface area contributed by atoms with Crippen molar-refractivity contribution in [3.8, 4) is 0 Å². The molecule has 246 valence electrons. The summed E-state index contributed by atoms with van der Waals surface area (Å²) in [6.45, 7) is 5.01. The second kappa shape index (κ2) is 14.7. The highest BCUT2D eigenvalue weighted by Gasteiger charge is 2.37. The SMILES string of the molecule is CC(C)(C)S(=O)(=O)C[C@@H](Cc1ccccc1)C(=O)NN(C[C@@H](O)CO)C(=O)CCC1=CN(Cc2ccc(F)cc2)CN1C1CC1. The van der Waals surface area contributed by atoms with Crippen molar-refractivity contribution in [2.24, 2.45) is 5.92 Å². The maximum atomic E-state index is 13.6. The smallest absolute Gasteiger partial charge is 0.243 e. The van der Waals surface area contributed by atoms with E-state index in [9.17, 15) is 32.6 Å². The van der Waals surface area contributed by atoms with Gasteiger partial charge in [-0.15, -0.1) is 0 Å². The second-order valence-electron chi connectivity index (χ2n) is 12.9. The highest BCUT2D eigenvalue weighted by Crippen LogP contribution is 2.35. The van der Waals surface area contributed by atoms with Crippen molar-refractivity contribution < 1.29 is 32.6 Å². The topological polar surface area (TPSA) is 130 Å². The van der Waals surface area contributed by atoms with Gasteiger partial charge in [0.05, 0.1) is 42.3 Å². The van der Waals surface area contributed by atoms with Crippen LogP contribution in [0.2, 0.25) is 0 Å². The van der Waals surface area contributed by atoms with Crippen LogP contribution in [0.3, 0.4) is 0 Å². The van der Waals surface area contributed by atoms with E-state index in [0.29, 0.717) is 25.7 Å². The highest BCUT2D eigenvalue weighted by atomic mass is 32.2. The number of allylic oxidation sites excluding steroid dienone is 1. The zero-order chi connectivity index (χ0) is 32.8. The van der Waals surface area contributed by atoms with Crippen molar-refractivity contribution in [3.05, 3.63) is 83.4 Å². The first-order chi connectivity index (χ1) is 21.3. The number of amides is 2. The van der Waals surface area contributed by atoms with Crippen LogP contribution in [0.5, 0.6) is 0 Å². The molecule has 0 aromatic heterocycles. The lowest BCUT2D eigenvalue weighted by Crippen LogP contribution is -2.53. The zero-order valence-electron chi connectivity index (χ0n) is 26.2. The molecule has 0 bridgehead atoms. The van der Waals surface area contributed by atoms with Crippen LogP contribution < -0.4 is 5.43 Å². The minimum atomic E-state index is -3.70. The number of nitrogens with zero attached hydrogens (tertiary/aromatic N) is 3. The molecule has 45 heavy (non-hydrogen) atoms. The number of nitrogens with one attached hydrogen (secondary N) is 1. The maximum Gasteiger partial charge on any atom is 0.243 e. The zero-order valence-corrected chi connectivity index (χ0v) is 27.0. The molecule has 10 nitrogen and oxygen atoms in total. The van der Waals surface area contributed by atoms with Crippen molar-refractivity contribution in [2.75, 3.05) is 25.6 Å². The number of aliphatic hydroxyl groups is 2. The molecule has 12 heteroatoms. The van der Waals surface area contributed by atoms with Crippen molar-refractivity contribution in [2.45, 2.75) is 76.3 Å². The molecule has 2 atom stereocenters. The van der Waals surface area contributed by atoms with Gasteiger partial charge in [-0.05, 0) is 69.7 Å². The van der Waals surface area contributed by atoms with E-state index in [-0.39, 0.29) is 25.2 Å². The molecule has 0 unspecified atom stereocenters. The minimum Gasteiger partial charge on any atom is -0.394 e. The molecule has 0 radical (unpaired) electrons. The number of benzene rings is 2. The van der Waals surface area contributed by atoms with Crippen molar-refractivity contribution in [3.63, 3.8) is 0 Å². The van der Waals surface area contributed by atoms with E-state index in [4.69, 9.17) is 0 Å². The van der Waals surface area contributed by atoms with Gasteiger partial charge < -0.3 is 20.0 Å². The minimum absolute atomic E-state index is 0.0154. The first-order valence-electron chi connectivity index (χ1n) is 15.4. The molecule has 4 rings (SSSR count). The number of carbonyl (C=O) groups excluding carboxylic acids is 2. The number of sulfone groups is 1. The first-order valence-corrected chi connectivity index (χ1v) is 17.0. The fourth-order valence-electron chi connectivity index (χ4n) is 5.19. The van der Waals surface area contributed by atoms with E-state index in [0.717, 1.165) is 34.7 Å². The van der Waals surface area contributed by atoms with Gasteiger partial charge in [-0.1, -0.05) is 42.5 Å². The Bertz CT molecular complexity index is 1440. The van der Waals surface area contributed by atoms with E-state index < -0.39 is 50.8 Å². The fraction of sp³-hybridized carbons (Fsp3) is 0.515. The van der Waals surface area contributed by atoms with Crippen LogP contribution in [0.15, 0.2) is 66.5 Å². The lowest BCUT2D eigenvalue weighted by Gasteiger charge is -2.29. The van der Waals surface area contributed by atoms with Crippen molar-refractivity contribution in [1.82, 2.24) is 20.2 Å². The standard InChI is InChI=1S/C33H45FN4O6S/c1-33(2,3)45(43,44)22-26(17-24-7-5-4-6-8-24)32(42)35-38(20-30(40)21-39)31(41)16-15-29-19-36(23-37(29)28-13-14-28)18-25-9-11-27(34)12-10-25/h4-12,19,26,28,30,39-40H,13-18,20-23H2,1-3H3,(H,35,42)/t26-,30-/m1/s1. The summed E-state index contributed by atoms with van der Waals surface area (Å²) in [5.41, 5.74) is 5.29. The molecular formula is C33H45FN4O6S. The Balaban J connectivity index is 1.47. The van der Waals surface area contributed by atoms with Gasteiger partial charge in [0, 0.05) is 30.9 Å². The molecule has 3 N–H and O–H groups in total. The van der Waals surface area contributed by atoms with Crippen molar-refractivity contribution in [1.29, 1.82) is 0 Å². The number of halogens is 1. The van der Waals surface area contributed by atoms with Gasteiger partial charge in [0.1, 0.15) is 5.82 Å². The molecule has 1 aliphatic heterocycles. The molecule has 1 saturated carbocycles. The summed E-state index contributed by atoms with van der Waals surface area (Å²) in [7, 11) is -3.70.